The minimum absolute atomic E-state index is 0.659. The molecular weight excluding hydrogens is 200 g/mol. The van der Waals surface area contributed by atoms with Gasteiger partial charge in [-0.1, -0.05) is 0 Å². The summed E-state index contributed by atoms with van der Waals surface area (Å²) in [6.07, 6.45) is 1.18. The third-order valence-electron chi connectivity index (χ3n) is 2.02. The van der Waals surface area contributed by atoms with Gasteiger partial charge in [0, 0.05) is 19.8 Å². The van der Waals surface area contributed by atoms with E-state index < -0.39 is 10.0 Å². The van der Waals surface area contributed by atoms with E-state index in [1.165, 1.54) is 17.6 Å². The third-order valence-corrected chi connectivity index (χ3v) is 3.22. The fourth-order valence-electron chi connectivity index (χ4n) is 1.03. The lowest BCUT2D eigenvalue weighted by molar-refractivity contribution is 0.600. The van der Waals surface area contributed by atoms with Crippen molar-refractivity contribution in [2.24, 2.45) is 0 Å². The highest BCUT2D eigenvalue weighted by Crippen LogP contribution is 2.18. The van der Waals surface area contributed by atoms with Gasteiger partial charge in [-0.3, -0.25) is 4.31 Å². The van der Waals surface area contributed by atoms with Crippen LogP contribution < -0.4 is 9.62 Å². The zero-order valence-corrected chi connectivity index (χ0v) is 9.30. The number of hydrogen-bond acceptors (Lipinski definition) is 3. The first-order chi connectivity index (χ1) is 6.45. The Morgan fingerprint density at radius 3 is 2.07 bits per heavy atom. The van der Waals surface area contributed by atoms with Gasteiger partial charge in [-0.2, -0.15) is 0 Å². The Hall–Kier alpha value is -1.23. The fraction of sp³-hybridized carbons (Fsp3) is 0.333. The quantitative estimate of drug-likeness (QED) is 0.820. The van der Waals surface area contributed by atoms with Crippen LogP contribution in [0.2, 0.25) is 0 Å². The highest BCUT2D eigenvalue weighted by molar-refractivity contribution is 7.92. The van der Waals surface area contributed by atoms with Crippen LogP contribution in [0.4, 0.5) is 11.4 Å². The van der Waals surface area contributed by atoms with Crippen LogP contribution in [0.1, 0.15) is 0 Å². The Morgan fingerprint density at radius 2 is 1.71 bits per heavy atom. The number of benzene rings is 1. The molecule has 0 aliphatic carbocycles. The van der Waals surface area contributed by atoms with Crippen molar-refractivity contribution in [3.05, 3.63) is 24.3 Å². The molecule has 5 heteroatoms. The minimum atomic E-state index is -3.16. The molecule has 1 aromatic carbocycles. The summed E-state index contributed by atoms with van der Waals surface area (Å²) in [6, 6.07) is 7.17. The van der Waals surface area contributed by atoms with E-state index in [0.29, 0.717) is 5.69 Å². The summed E-state index contributed by atoms with van der Waals surface area (Å²) >= 11 is 0. The largest absolute Gasteiger partial charge is 0.388 e. The van der Waals surface area contributed by atoms with Gasteiger partial charge in [-0.25, -0.2) is 8.42 Å². The van der Waals surface area contributed by atoms with Crippen LogP contribution in [0.25, 0.3) is 0 Å². The molecule has 0 heterocycles. The van der Waals surface area contributed by atoms with Gasteiger partial charge >= 0.3 is 0 Å². The number of hydrogen-bond donors (Lipinski definition) is 1. The number of nitrogens with one attached hydrogen (secondary N) is 1. The number of sulfonamides is 1. The molecule has 1 aromatic rings. The van der Waals surface area contributed by atoms with Gasteiger partial charge in [0.2, 0.25) is 10.0 Å². The maximum atomic E-state index is 11.2. The number of rotatable bonds is 3. The first-order valence-electron chi connectivity index (χ1n) is 4.17. The molecule has 0 aliphatic heterocycles. The molecular formula is C9H14N2O2S. The van der Waals surface area contributed by atoms with E-state index in [2.05, 4.69) is 5.32 Å². The van der Waals surface area contributed by atoms with Crippen molar-refractivity contribution < 1.29 is 8.42 Å². The second-order valence-electron chi connectivity index (χ2n) is 3.03. The zero-order valence-electron chi connectivity index (χ0n) is 8.48. The lowest BCUT2D eigenvalue weighted by atomic mass is 10.3. The molecule has 0 aliphatic rings. The molecule has 4 nitrogen and oxygen atoms in total. The van der Waals surface area contributed by atoms with Crippen molar-refractivity contribution >= 4 is 21.4 Å². The molecule has 78 valence electrons. The summed E-state index contributed by atoms with van der Waals surface area (Å²) in [5.74, 6) is 0. The Morgan fingerprint density at radius 1 is 1.21 bits per heavy atom. The van der Waals surface area contributed by atoms with Crippen molar-refractivity contribution in [3.63, 3.8) is 0 Å². The summed E-state index contributed by atoms with van der Waals surface area (Å²) in [5, 5.41) is 2.96. The van der Waals surface area contributed by atoms with Gasteiger partial charge in [-0.05, 0) is 24.3 Å². The molecule has 0 spiro atoms. The average molecular weight is 214 g/mol. The molecule has 0 saturated carbocycles. The van der Waals surface area contributed by atoms with Crippen LogP contribution in [-0.4, -0.2) is 28.8 Å². The van der Waals surface area contributed by atoms with Gasteiger partial charge in [0.1, 0.15) is 0 Å². The molecule has 0 saturated heterocycles. The molecule has 0 atom stereocenters. The second-order valence-corrected chi connectivity index (χ2v) is 5.04. The molecule has 0 radical (unpaired) electrons. The monoisotopic (exact) mass is 214 g/mol. The highest BCUT2D eigenvalue weighted by Gasteiger charge is 2.10. The van der Waals surface area contributed by atoms with Crippen molar-refractivity contribution in [2.45, 2.75) is 0 Å². The second kappa shape index (κ2) is 3.88. The minimum Gasteiger partial charge on any atom is -0.388 e. The Balaban J connectivity index is 2.98. The Kier molecular flexibility index (Phi) is 3.00. The first-order valence-corrected chi connectivity index (χ1v) is 6.01. The zero-order chi connectivity index (χ0) is 10.8. The van der Waals surface area contributed by atoms with Gasteiger partial charge in [0.05, 0.1) is 11.9 Å². The summed E-state index contributed by atoms with van der Waals surface area (Å²) in [6.45, 7) is 0. The normalized spacial score (nSPS) is 11.1. The highest BCUT2D eigenvalue weighted by atomic mass is 32.2. The van der Waals surface area contributed by atoms with Crippen molar-refractivity contribution in [1.82, 2.24) is 0 Å². The Bertz CT molecular complexity index is 397. The summed E-state index contributed by atoms with van der Waals surface area (Å²) in [7, 11) is 0.184. The fourth-order valence-corrected chi connectivity index (χ4v) is 1.53. The van der Waals surface area contributed by atoms with Crippen LogP contribution in [0, 0.1) is 0 Å². The molecule has 1 N–H and O–H groups in total. The first kappa shape index (κ1) is 10.8. The molecule has 0 fully saturated rings. The van der Waals surface area contributed by atoms with E-state index in [1.54, 1.807) is 12.1 Å². The van der Waals surface area contributed by atoms with Gasteiger partial charge in [-0.15, -0.1) is 0 Å². The molecule has 14 heavy (non-hydrogen) atoms. The van der Waals surface area contributed by atoms with Gasteiger partial charge < -0.3 is 5.32 Å². The maximum Gasteiger partial charge on any atom is 0.231 e. The standard InChI is InChI=1S/C9H14N2O2S/c1-10-8-4-6-9(7-5-8)11(2)14(3,12)13/h4-7,10H,1-3H3. The Labute approximate surface area is 84.6 Å². The molecule has 0 bridgehead atoms. The maximum absolute atomic E-state index is 11.2. The lowest BCUT2D eigenvalue weighted by Crippen LogP contribution is -2.24. The SMILES string of the molecule is CNc1ccc(N(C)S(C)(=O)=O)cc1. The van der Waals surface area contributed by atoms with E-state index >= 15 is 0 Å². The van der Waals surface area contributed by atoms with E-state index in [1.807, 2.05) is 19.2 Å². The van der Waals surface area contributed by atoms with Crippen molar-refractivity contribution in [3.8, 4) is 0 Å². The van der Waals surface area contributed by atoms with Crippen LogP contribution in [0.3, 0.4) is 0 Å². The average Bonchev–Trinajstić information content (AvgIpc) is 2.15. The van der Waals surface area contributed by atoms with Crippen LogP contribution in [0.15, 0.2) is 24.3 Å². The van der Waals surface area contributed by atoms with Crippen molar-refractivity contribution in [1.29, 1.82) is 0 Å². The predicted molar refractivity (Wildman–Crippen MR) is 59.2 cm³/mol. The molecule has 1 rings (SSSR count). The van der Waals surface area contributed by atoms with Crippen LogP contribution in [0.5, 0.6) is 0 Å². The van der Waals surface area contributed by atoms with Gasteiger partial charge in [0.15, 0.2) is 0 Å². The number of nitrogens with zero attached hydrogens (tertiary/aromatic N) is 1. The molecule has 0 unspecified atom stereocenters. The van der Waals surface area contributed by atoms with Crippen LogP contribution in [-0.2, 0) is 10.0 Å². The van der Waals surface area contributed by atoms with E-state index in [-0.39, 0.29) is 0 Å². The van der Waals surface area contributed by atoms with E-state index in [4.69, 9.17) is 0 Å². The number of anilines is 2. The summed E-state index contributed by atoms with van der Waals surface area (Å²) in [4.78, 5) is 0. The topological polar surface area (TPSA) is 49.4 Å². The lowest BCUT2D eigenvalue weighted by Gasteiger charge is -2.16. The van der Waals surface area contributed by atoms with Crippen LogP contribution >= 0.6 is 0 Å². The van der Waals surface area contributed by atoms with E-state index in [0.717, 1.165) is 5.69 Å². The molecule has 0 aromatic heterocycles. The van der Waals surface area contributed by atoms with E-state index in [9.17, 15) is 8.42 Å². The summed E-state index contributed by atoms with van der Waals surface area (Å²) < 4.78 is 23.6. The smallest absolute Gasteiger partial charge is 0.231 e. The van der Waals surface area contributed by atoms with Gasteiger partial charge in [0.25, 0.3) is 0 Å². The summed E-state index contributed by atoms with van der Waals surface area (Å²) in [5.41, 5.74) is 1.61. The predicted octanol–water partition coefficient (Wildman–Crippen LogP) is 1.12. The third kappa shape index (κ3) is 2.38. The van der Waals surface area contributed by atoms with Crippen molar-refractivity contribution in [2.75, 3.05) is 30.0 Å². The molecule has 0 amide bonds.